The van der Waals surface area contributed by atoms with Crippen LogP contribution in [0.3, 0.4) is 0 Å². The standard InChI is InChI=1S/C17H22N4O4/c1-4-17(2,3)25-16(22)20-10-8-19(9-11-20)14-6-5-7-15(21(23)24)13(14)12-18/h5-7H,4,8-11H2,1-3H3. The van der Waals surface area contributed by atoms with Gasteiger partial charge in [-0.15, -0.1) is 0 Å². The fourth-order valence-electron chi connectivity index (χ4n) is 2.56. The molecular weight excluding hydrogens is 324 g/mol. The van der Waals surface area contributed by atoms with E-state index in [0.717, 1.165) is 6.42 Å². The largest absolute Gasteiger partial charge is 0.443 e. The summed E-state index contributed by atoms with van der Waals surface area (Å²) in [6.07, 6.45) is 0.365. The number of nitriles is 1. The van der Waals surface area contributed by atoms with Crippen LogP contribution in [0.25, 0.3) is 0 Å². The average Bonchev–Trinajstić information content (AvgIpc) is 2.60. The van der Waals surface area contributed by atoms with Crippen molar-refractivity contribution < 1.29 is 14.5 Å². The van der Waals surface area contributed by atoms with Gasteiger partial charge in [0, 0.05) is 32.2 Å². The van der Waals surface area contributed by atoms with Crippen molar-refractivity contribution in [2.24, 2.45) is 0 Å². The highest BCUT2D eigenvalue weighted by molar-refractivity contribution is 5.70. The number of amides is 1. The van der Waals surface area contributed by atoms with Crippen molar-refractivity contribution in [2.75, 3.05) is 31.1 Å². The predicted molar refractivity (Wildman–Crippen MR) is 92.4 cm³/mol. The fraction of sp³-hybridized carbons (Fsp3) is 0.529. The van der Waals surface area contributed by atoms with Gasteiger partial charge in [0.15, 0.2) is 5.56 Å². The first kappa shape index (κ1) is 18.5. The minimum Gasteiger partial charge on any atom is -0.443 e. The number of hydrogen-bond acceptors (Lipinski definition) is 6. The highest BCUT2D eigenvalue weighted by Gasteiger charge is 2.29. The average molecular weight is 346 g/mol. The van der Waals surface area contributed by atoms with Gasteiger partial charge in [0.25, 0.3) is 5.69 Å². The van der Waals surface area contributed by atoms with E-state index < -0.39 is 10.5 Å². The number of nitro benzene ring substituents is 1. The van der Waals surface area contributed by atoms with Gasteiger partial charge in [0.05, 0.1) is 10.6 Å². The molecule has 25 heavy (non-hydrogen) atoms. The summed E-state index contributed by atoms with van der Waals surface area (Å²) in [7, 11) is 0. The zero-order valence-electron chi connectivity index (χ0n) is 14.7. The number of ether oxygens (including phenoxy) is 1. The molecular formula is C17H22N4O4. The lowest BCUT2D eigenvalue weighted by Crippen LogP contribution is -2.50. The molecule has 0 aromatic heterocycles. The predicted octanol–water partition coefficient (Wildman–Crippen LogP) is 2.91. The van der Waals surface area contributed by atoms with Gasteiger partial charge in [0.2, 0.25) is 0 Å². The maximum absolute atomic E-state index is 12.2. The minimum absolute atomic E-state index is 0.0515. The quantitative estimate of drug-likeness (QED) is 0.614. The first-order valence-corrected chi connectivity index (χ1v) is 8.19. The number of piperazine rings is 1. The first-order chi connectivity index (χ1) is 11.8. The summed E-state index contributed by atoms with van der Waals surface area (Å²) in [5, 5.41) is 20.4. The van der Waals surface area contributed by atoms with E-state index in [1.54, 1.807) is 17.0 Å². The van der Waals surface area contributed by atoms with E-state index in [4.69, 9.17) is 4.74 Å². The van der Waals surface area contributed by atoms with Crippen LogP contribution in [-0.4, -0.2) is 47.7 Å². The molecule has 1 aromatic rings. The molecule has 134 valence electrons. The van der Waals surface area contributed by atoms with E-state index in [1.807, 2.05) is 31.7 Å². The normalized spacial score (nSPS) is 14.8. The van der Waals surface area contributed by atoms with Gasteiger partial charge < -0.3 is 14.5 Å². The molecule has 0 bridgehead atoms. The third-order valence-corrected chi connectivity index (χ3v) is 4.42. The minimum atomic E-state index is -0.553. The summed E-state index contributed by atoms with van der Waals surface area (Å²) < 4.78 is 5.49. The zero-order chi connectivity index (χ0) is 18.6. The molecule has 1 aliphatic heterocycles. The highest BCUT2D eigenvalue weighted by Crippen LogP contribution is 2.29. The van der Waals surface area contributed by atoms with Crippen molar-refractivity contribution >= 4 is 17.5 Å². The van der Waals surface area contributed by atoms with E-state index in [9.17, 15) is 20.2 Å². The van der Waals surface area contributed by atoms with Gasteiger partial charge >= 0.3 is 6.09 Å². The molecule has 0 radical (unpaired) electrons. The Kier molecular flexibility index (Phi) is 5.47. The van der Waals surface area contributed by atoms with Crippen LogP contribution >= 0.6 is 0 Å². The van der Waals surface area contributed by atoms with E-state index in [-0.39, 0.29) is 17.3 Å². The molecule has 8 nitrogen and oxygen atoms in total. The summed E-state index contributed by atoms with van der Waals surface area (Å²) in [5.74, 6) is 0. The summed E-state index contributed by atoms with van der Waals surface area (Å²) >= 11 is 0. The van der Waals surface area contributed by atoms with Gasteiger partial charge in [-0.3, -0.25) is 10.1 Å². The van der Waals surface area contributed by atoms with Crippen LogP contribution in [0.15, 0.2) is 18.2 Å². The number of anilines is 1. The number of nitrogens with zero attached hydrogens (tertiary/aromatic N) is 4. The number of carbonyl (C=O) groups excluding carboxylic acids is 1. The summed E-state index contributed by atoms with van der Waals surface area (Å²) in [5.41, 5.74) is -0.136. The van der Waals surface area contributed by atoms with Gasteiger partial charge in [-0.1, -0.05) is 13.0 Å². The Morgan fingerprint density at radius 2 is 2.00 bits per heavy atom. The van der Waals surface area contributed by atoms with E-state index in [2.05, 4.69) is 0 Å². The van der Waals surface area contributed by atoms with Gasteiger partial charge in [-0.05, 0) is 26.3 Å². The van der Waals surface area contributed by atoms with Gasteiger partial charge in [-0.2, -0.15) is 5.26 Å². The monoisotopic (exact) mass is 346 g/mol. The van der Waals surface area contributed by atoms with E-state index in [1.165, 1.54) is 6.07 Å². The maximum atomic E-state index is 12.2. The second-order valence-corrected chi connectivity index (χ2v) is 6.50. The number of carbonyl (C=O) groups is 1. The molecule has 8 heteroatoms. The maximum Gasteiger partial charge on any atom is 0.410 e. The third kappa shape index (κ3) is 4.18. The molecule has 1 amide bonds. The lowest BCUT2D eigenvalue weighted by Gasteiger charge is -2.37. The van der Waals surface area contributed by atoms with Crippen LogP contribution in [0.4, 0.5) is 16.2 Å². The SMILES string of the molecule is CCC(C)(C)OC(=O)N1CCN(c2cccc([N+](=O)[O-])c2C#N)CC1. The van der Waals surface area contributed by atoms with Crippen LogP contribution < -0.4 is 4.90 Å². The second kappa shape index (κ2) is 7.38. The van der Waals surface area contributed by atoms with Crippen molar-refractivity contribution in [3.05, 3.63) is 33.9 Å². The lowest BCUT2D eigenvalue weighted by molar-refractivity contribution is -0.385. The summed E-state index contributed by atoms with van der Waals surface area (Å²) in [6, 6.07) is 6.51. The number of benzene rings is 1. The molecule has 1 saturated heterocycles. The van der Waals surface area contributed by atoms with Crippen molar-refractivity contribution in [1.82, 2.24) is 4.90 Å². The Balaban J connectivity index is 2.08. The van der Waals surface area contributed by atoms with Crippen LogP contribution in [0.2, 0.25) is 0 Å². The zero-order valence-corrected chi connectivity index (χ0v) is 14.7. The van der Waals surface area contributed by atoms with Gasteiger partial charge in [0.1, 0.15) is 11.7 Å². The Hall–Kier alpha value is -2.82. The Labute approximate surface area is 146 Å². The fourth-order valence-corrected chi connectivity index (χ4v) is 2.56. The number of nitro groups is 1. The molecule has 1 aromatic carbocycles. The van der Waals surface area contributed by atoms with Crippen molar-refractivity contribution in [1.29, 1.82) is 5.26 Å². The lowest BCUT2D eigenvalue weighted by atomic mass is 10.1. The summed E-state index contributed by atoms with van der Waals surface area (Å²) in [4.78, 5) is 26.3. The van der Waals surface area contributed by atoms with E-state index in [0.29, 0.717) is 31.9 Å². The van der Waals surface area contributed by atoms with E-state index >= 15 is 0 Å². The number of hydrogen-bond donors (Lipinski definition) is 0. The van der Waals surface area contributed by atoms with Crippen LogP contribution in [0.5, 0.6) is 0 Å². The Morgan fingerprint density at radius 1 is 1.36 bits per heavy atom. The van der Waals surface area contributed by atoms with Crippen LogP contribution in [0.1, 0.15) is 32.8 Å². The topological polar surface area (TPSA) is 99.7 Å². The summed E-state index contributed by atoms with van der Waals surface area (Å²) in [6.45, 7) is 7.53. The molecule has 1 aliphatic rings. The molecule has 0 N–H and O–H groups in total. The molecule has 1 fully saturated rings. The van der Waals surface area contributed by atoms with Crippen molar-refractivity contribution in [3.8, 4) is 6.07 Å². The second-order valence-electron chi connectivity index (χ2n) is 6.50. The van der Waals surface area contributed by atoms with Crippen LogP contribution in [0, 0.1) is 21.4 Å². The van der Waals surface area contributed by atoms with Gasteiger partial charge in [-0.25, -0.2) is 4.79 Å². The molecule has 0 unspecified atom stereocenters. The smallest absolute Gasteiger partial charge is 0.410 e. The highest BCUT2D eigenvalue weighted by atomic mass is 16.6. The Bertz CT molecular complexity index is 703. The molecule has 0 spiro atoms. The third-order valence-electron chi connectivity index (χ3n) is 4.42. The van der Waals surface area contributed by atoms with Crippen molar-refractivity contribution in [2.45, 2.75) is 32.8 Å². The molecule has 0 atom stereocenters. The molecule has 0 saturated carbocycles. The van der Waals surface area contributed by atoms with Crippen LogP contribution in [-0.2, 0) is 4.74 Å². The molecule has 1 heterocycles. The number of rotatable bonds is 4. The molecule has 0 aliphatic carbocycles. The first-order valence-electron chi connectivity index (χ1n) is 8.19. The Morgan fingerprint density at radius 3 is 2.52 bits per heavy atom. The van der Waals surface area contributed by atoms with Crippen molar-refractivity contribution in [3.63, 3.8) is 0 Å². The molecule has 2 rings (SSSR count).